The molecule has 0 aliphatic rings. The van der Waals surface area contributed by atoms with Crippen molar-refractivity contribution >= 4 is 18.4 Å². The van der Waals surface area contributed by atoms with Gasteiger partial charge in [0, 0.05) is 6.04 Å². The van der Waals surface area contributed by atoms with Crippen molar-refractivity contribution in [3.8, 4) is 0 Å². The van der Waals surface area contributed by atoms with E-state index in [9.17, 15) is 4.79 Å². The summed E-state index contributed by atoms with van der Waals surface area (Å²) in [5.74, 6) is -0.280. The van der Waals surface area contributed by atoms with Gasteiger partial charge in [0.25, 0.3) is 0 Å². The summed E-state index contributed by atoms with van der Waals surface area (Å²) in [6.07, 6.45) is 0.222. The molecule has 0 amide bonds. The summed E-state index contributed by atoms with van der Waals surface area (Å²) in [5, 5.41) is 0. The predicted molar refractivity (Wildman–Crippen MR) is 62.0 cm³/mol. The summed E-state index contributed by atoms with van der Waals surface area (Å²) in [7, 11) is 1.37. The lowest BCUT2D eigenvalue weighted by molar-refractivity contribution is -0.141. The molecule has 0 unspecified atom stereocenters. The summed E-state index contributed by atoms with van der Waals surface area (Å²) >= 11 is 0. The summed E-state index contributed by atoms with van der Waals surface area (Å²) < 4.78 is 4.55. The van der Waals surface area contributed by atoms with Crippen molar-refractivity contribution < 1.29 is 9.53 Å². The highest BCUT2D eigenvalue weighted by Crippen LogP contribution is 2.14. The van der Waals surface area contributed by atoms with Crippen LogP contribution >= 0.6 is 12.4 Å². The number of carbonyl (C=O) groups is 1. The smallest absolute Gasteiger partial charge is 0.307 e. The summed E-state index contributed by atoms with van der Waals surface area (Å²) in [5.41, 5.74) is 7.96. The molecule has 0 saturated heterocycles. The number of esters is 1. The molecule has 15 heavy (non-hydrogen) atoms. The zero-order valence-electron chi connectivity index (χ0n) is 8.90. The molecule has 0 aliphatic carbocycles. The fourth-order valence-electron chi connectivity index (χ4n) is 1.19. The molecule has 0 aliphatic heterocycles. The van der Waals surface area contributed by atoms with E-state index < -0.39 is 0 Å². The maximum Gasteiger partial charge on any atom is 0.307 e. The number of carbonyl (C=O) groups excluding carboxylic acids is 1. The lowest BCUT2D eigenvalue weighted by Gasteiger charge is -2.10. The number of rotatable bonds is 3. The van der Waals surface area contributed by atoms with E-state index in [0.717, 1.165) is 5.56 Å². The largest absolute Gasteiger partial charge is 0.469 e. The second kappa shape index (κ2) is 6.43. The summed E-state index contributed by atoms with van der Waals surface area (Å²) in [4.78, 5) is 11.0. The first-order valence-corrected chi connectivity index (χ1v) is 4.52. The topological polar surface area (TPSA) is 52.3 Å². The number of benzene rings is 1. The van der Waals surface area contributed by atoms with Crippen LogP contribution in [0.4, 0.5) is 0 Å². The van der Waals surface area contributed by atoms with Crippen molar-refractivity contribution in [1.29, 1.82) is 0 Å². The van der Waals surface area contributed by atoms with E-state index in [1.54, 1.807) is 0 Å². The average Bonchev–Trinajstić information content (AvgIpc) is 2.18. The highest BCUT2D eigenvalue weighted by molar-refractivity contribution is 5.85. The zero-order valence-corrected chi connectivity index (χ0v) is 9.71. The normalized spacial score (nSPS) is 11.4. The van der Waals surface area contributed by atoms with Gasteiger partial charge in [-0.1, -0.05) is 29.8 Å². The first kappa shape index (κ1) is 13.9. The molecule has 0 saturated carbocycles. The van der Waals surface area contributed by atoms with Gasteiger partial charge in [-0.3, -0.25) is 4.79 Å². The molecular weight excluding hydrogens is 214 g/mol. The molecule has 1 rings (SSSR count). The average molecular weight is 230 g/mol. The van der Waals surface area contributed by atoms with Crippen molar-refractivity contribution in [1.82, 2.24) is 0 Å². The Morgan fingerprint density at radius 2 is 1.93 bits per heavy atom. The second-order valence-corrected chi connectivity index (χ2v) is 3.30. The molecule has 3 nitrogen and oxygen atoms in total. The van der Waals surface area contributed by atoms with Gasteiger partial charge in [-0.2, -0.15) is 0 Å². The lowest BCUT2D eigenvalue weighted by Crippen LogP contribution is -2.16. The first-order chi connectivity index (χ1) is 6.63. The van der Waals surface area contributed by atoms with Crippen LogP contribution in [0.5, 0.6) is 0 Å². The molecule has 0 aromatic heterocycles. The van der Waals surface area contributed by atoms with E-state index in [0.29, 0.717) is 0 Å². The van der Waals surface area contributed by atoms with Crippen molar-refractivity contribution in [2.24, 2.45) is 5.73 Å². The zero-order chi connectivity index (χ0) is 10.6. The third-order valence-electron chi connectivity index (χ3n) is 2.12. The highest BCUT2D eigenvalue weighted by Gasteiger charge is 2.10. The van der Waals surface area contributed by atoms with Gasteiger partial charge in [-0.05, 0) is 12.5 Å². The molecule has 0 bridgehead atoms. The lowest BCUT2D eigenvalue weighted by atomic mass is 10.0. The van der Waals surface area contributed by atoms with Gasteiger partial charge < -0.3 is 10.5 Å². The fraction of sp³-hybridized carbons (Fsp3) is 0.364. The number of methoxy groups -OCH3 is 1. The Morgan fingerprint density at radius 3 is 2.40 bits per heavy atom. The van der Waals surface area contributed by atoms with E-state index in [1.807, 2.05) is 31.2 Å². The van der Waals surface area contributed by atoms with Gasteiger partial charge in [0.1, 0.15) is 0 Å². The predicted octanol–water partition coefficient (Wildman–Crippen LogP) is 1.98. The minimum absolute atomic E-state index is 0. The highest BCUT2D eigenvalue weighted by atomic mass is 35.5. The van der Waals surface area contributed by atoms with Gasteiger partial charge in [0.2, 0.25) is 0 Å². The maximum atomic E-state index is 11.0. The number of aryl methyl sites for hydroxylation is 1. The van der Waals surface area contributed by atoms with Crippen LogP contribution in [0.15, 0.2) is 24.3 Å². The molecule has 1 atom stereocenters. The molecule has 1 aromatic carbocycles. The van der Waals surface area contributed by atoms with Crippen LogP contribution in [-0.2, 0) is 9.53 Å². The number of halogens is 1. The van der Waals surface area contributed by atoms with Gasteiger partial charge in [-0.15, -0.1) is 12.4 Å². The molecule has 1 aromatic rings. The molecule has 0 spiro atoms. The van der Waals surface area contributed by atoms with Crippen molar-refractivity contribution in [2.75, 3.05) is 7.11 Å². The van der Waals surface area contributed by atoms with Gasteiger partial charge in [0.05, 0.1) is 13.5 Å². The third-order valence-corrected chi connectivity index (χ3v) is 2.12. The Kier molecular flexibility index (Phi) is 5.97. The molecule has 2 N–H and O–H groups in total. The minimum Gasteiger partial charge on any atom is -0.469 e. The molecule has 0 heterocycles. The van der Waals surface area contributed by atoms with E-state index in [4.69, 9.17) is 5.73 Å². The van der Waals surface area contributed by atoms with Gasteiger partial charge in [-0.25, -0.2) is 0 Å². The SMILES string of the molecule is COC(=O)C[C@@H](N)c1ccc(C)cc1.Cl. The quantitative estimate of drug-likeness (QED) is 0.807. The molecule has 84 valence electrons. The first-order valence-electron chi connectivity index (χ1n) is 4.52. The standard InChI is InChI=1S/C11H15NO2.ClH/c1-8-3-5-9(6-4-8)10(12)7-11(13)14-2;/h3-6,10H,7,12H2,1-2H3;1H/t10-;/m1./s1. The number of nitrogens with two attached hydrogens (primary N) is 1. The Balaban J connectivity index is 0.00000196. The Morgan fingerprint density at radius 1 is 1.40 bits per heavy atom. The Labute approximate surface area is 96.0 Å². The second-order valence-electron chi connectivity index (χ2n) is 3.30. The van der Waals surface area contributed by atoms with Gasteiger partial charge in [0.15, 0.2) is 0 Å². The van der Waals surface area contributed by atoms with Crippen molar-refractivity contribution in [3.63, 3.8) is 0 Å². The monoisotopic (exact) mass is 229 g/mol. The van der Waals surface area contributed by atoms with Crippen LogP contribution in [0.2, 0.25) is 0 Å². The van der Waals surface area contributed by atoms with E-state index in [2.05, 4.69) is 4.74 Å². The van der Waals surface area contributed by atoms with Crippen LogP contribution < -0.4 is 5.73 Å². The summed E-state index contributed by atoms with van der Waals surface area (Å²) in [6, 6.07) is 7.55. The maximum absolute atomic E-state index is 11.0. The summed E-state index contributed by atoms with van der Waals surface area (Å²) in [6.45, 7) is 2.01. The van der Waals surface area contributed by atoms with Crippen LogP contribution in [0.25, 0.3) is 0 Å². The molecular formula is C11H16ClNO2. The van der Waals surface area contributed by atoms with Crippen LogP contribution in [-0.4, -0.2) is 13.1 Å². The number of hydrogen-bond acceptors (Lipinski definition) is 3. The van der Waals surface area contributed by atoms with Crippen LogP contribution in [0.1, 0.15) is 23.6 Å². The Hall–Kier alpha value is -1.06. The van der Waals surface area contributed by atoms with Crippen molar-refractivity contribution in [2.45, 2.75) is 19.4 Å². The van der Waals surface area contributed by atoms with E-state index in [-0.39, 0.29) is 30.8 Å². The fourth-order valence-corrected chi connectivity index (χ4v) is 1.19. The number of hydrogen-bond donors (Lipinski definition) is 1. The van der Waals surface area contributed by atoms with Crippen molar-refractivity contribution in [3.05, 3.63) is 35.4 Å². The molecule has 0 fully saturated rings. The minimum atomic E-state index is -0.280. The Bertz CT molecular complexity index is 311. The van der Waals surface area contributed by atoms with E-state index >= 15 is 0 Å². The molecule has 0 radical (unpaired) electrons. The number of ether oxygens (including phenoxy) is 1. The van der Waals surface area contributed by atoms with E-state index in [1.165, 1.54) is 12.7 Å². The van der Waals surface area contributed by atoms with Gasteiger partial charge >= 0.3 is 5.97 Å². The third kappa shape index (κ3) is 4.32. The van der Waals surface area contributed by atoms with Crippen LogP contribution in [0.3, 0.4) is 0 Å². The van der Waals surface area contributed by atoms with Crippen LogP contribution in [0, 0.1) is 6.92 Å². The molecule has 4 heteroatoms.